The topological polar surface area (TPSA) is 55.9 Å². The summed E-state index contributed by atoms with van der Waals surface area (Å²) in [5, 5.41) is 0. The first-order valence-electron chi connectivity index (χ1n) is 9.71. The summed E-state index contributed by atoms with van der Waals surface area (Å²) in [6.07, 6.45) is 0. The second kappa shape index (κ2) is 9.21. The number of hydrogen-bond acceptors (Lipinski definition) is 5. The van der Waals surface area contributed by atoms with Gasteiger partial charge in [0.25, 0.3) is 0 Å². The molecule has 29 heavy (non-hydrogen) atoms. The van der Waals surface area contributed by atoms with Crippen molar-refractivity contribution < 1.29 is 12.8 Å². The minimum atomic E-state index is -3.71. The van der Waals surface area contributed by atoms with Crippen LogP contribution >= 0.6 is 0 Å². The lowest BCUT2D eigenvalue weighted by Gasteiger charge is -2.38. The molecule has 2 aromatic carbocycles. The quantitative estimate of drug-likeness (QED) is 0.744. The van der Waals surface area contributed by atoms with Gasteiger partial charge in [-0.25, -0.2) is 17.5 Å². The molecule has 0 aliphatic carbocycles. The van der Waals surface area contributed by atoms with Crippen LogP contribution < -0.4 is 9.62 Å². The molecule has 8 heteroatoms. The van der Waals surface area contributed by atoms with E-state index >= 15 is 0 Å². The van der Waals surface area contributed by atoms with Crippen LogP contribution in [0.3, 0.4) is 0 Å². The second-order valence-electron chi connectivity index (χ2n) is 7.65. The molecule has 3 rings (SSSR count). The molecule has 1 atom stereocenters. The number of benzene rings is 2. The number of anilines is 1. The monoisotopic (exact) mass is 420 g/mol. The molecule has 1 fully saturated rings. The molecule has 0 radical (unpaired) electrons. The summed E-state index contributed by atoms with van der Waals surface area (Å²) < 4.78 is 41.2. The van der Waals surface area contributed by atoms with Gasteiger partial charge >= 0.3 is 0 Å². The van der Waals surface area contributed by atoms with Gasteiger partial charge in [-0.1, -0.05) is 12.1 Å². The van der Waals surface area contributed by atoms with Crippen molar-refractivity contribution in [3.8, 4) is 0 Å². The third-order valence-corrected chi connectivity index (χ3v) is 6.80. The SMILES string of the molecule is CN1CCN([C@H](CNS(=O)(=O)c2ccc(F)cc2)c2ccc(N(C)C)cc2)CC1. The van der Waals surface area contributed by atoms with Gasteiger partial charge in [-0.15, -0.1) is 0 Å². The van der Waals surface area contributed by atoms with Crippen molar-refractivity contribution in [1.29, 1.82) is 0 Å². The predicted molar refractivity (Wildman–Crippen MR) is 114 cm³/mol. The van der Waals surface area contributed by atoms with Crippen molar-refractivity contribution in [2.45, 2.75) is 10.9 Å². The van der Waals surface area contributed by atoms with Gasteiger partial charge in [0.05, 0.1) is 4.90 Å². The largest absolute Gasteiger partial charge is 0.378 e. The lowest BCUT2D eigenvalue weighted by atomic mass is 10.0. The van der Waals surface area contributed by atoms with E-state index in [1.807, 2.05) is 31.1 Å². The molecule has 158 valence electrons. The van der Waals surface area contributed by atoms with Crippen LogP contribution in [0.25, 0.3) is 0 Å². The molecule has 2 aromatic rings. The van der Waals surface area contributed by atoms with Crippen LogP contribution in [0.5, 0.6) is 0 Å². The Kier molecular flexibility index (Phi) is 6.89. The van der Waals surface area contributed by atoms with Crippen molar-refractivity contribution in [3.63, 3.8) is 0 Å². The van der Waals surface area contributed by atoms with E-state index in [4.69, 9.17) is 0 Å². The van der Waals surface area contributed by atoms with Gasteiger partial charge < -0.3 is 9.80 Å². The Morgan fingerprint density at radius 2 is 1.59 bits per heavy atom. The summed E-state index contributed by atoms with van der Waals surface area (Å²) in [5.74, 6) is -0.458. The number of rotatable bonds is 7. The van der Waals surface area contributed by atoms with E-state index in [-0.39, 0.29) is 17.5 Å². The summed E-state index contributed by atoms with van der Waals surface area (Å²) in [7, 11) is 2.36. The van der Waals surface area contributed by atoms with E-state index in [2.05, 4.69) is 33.7 Å². The molecule has 1 aliphatic rings. The summed E-state index contributed by atoms with van der Waals surface area (Å²) in [6, 6.07) is 13.0. The molecule has 0 saturated carbocycles. The number of sulfonamides is 1. The number of halogens is 1. The number of likely N-dealkylation sites (N-methyl/N-ethyl adjacent to an activating group) is 1. The molecule has 0 spiro atoms. The number of nitrogens with one attached hydrogen (secondary N) is 1. The summed E-state index contributed by atoms with van der Waals surface area (Å²) in [4.78, 5) is 6.69. The molecule has 0 aromatic heterocycles. The fourth-order valence-corrected chi connectivity index (χ4v) is 4.51. The van der Waals surface area contributed by atoms with Crippen LogP contribution in [-0.2, 0) is 10.0 Å². The molecule has 0 bridgehead atoms. The molecule has 1 saturated heterocycles. The molecule has 1 aliphatic heterocycles. The Morgan fingerprint density at radius 1 is 1.00 bits per heavy atom. The first-order valence-corrected chi connectivity index (χ1v) is 11.2. The fourth-order valence-electron chi connectivity index (χ4n) is 3.47. The zero-order chi connectivity index (χ0) is 21.0. The average molecular weight is 421 g/mol. The highest BCUT2D eigenvalue weighted by atomic mass is 32.2. The predicted octanol–water partition coefficient (Wildman–Crippen LogP) is 2.16. The van der Waals surface area contributed by atoms with Gasteiger partial charge in [-0.2, -0.15) is 0 Å². The minimum Gasteiger partial charge on any atom is -0.378 e. The highest BCUT2D eigenvalue weighted by Crippen LogP contribution is 2.24. The van der Waals surface area contributed by atoms with Crippen LogP contribution in [0.1, 0.15) is 11.6 Å². The zero-order valence-electron chi connectivity index (χ0n) is 17.2. The highest BCUT2D eigenvalue weighted by molar-refractivity contribution is 7.89. The smallest absolute Gasteiger partial charge is 0.240 e. The van der Waals surface area contributed by atoms with Crippen LogP contribution in [0.4, 0.5) is 10.1 Å². The maximum absolute atomic E-state index is 13.1. The number of hydrogen-bond donors (Lipinski definition) is 1. The minimum absolute atomic E-state index is 0.0685. The van der Waals surface area contributed by atoms with E-state index in [1.165, 1.54) is 12.1 Å². The Hall–Kier alpha value is -2.00. The first kappa shape index (κ1) is 21.7. The number of nitrogens with zero attached hydrogens (tertiary/aromatic N) is 3. The Balaban J connectivity index is 1.80. The molecule has 6 nitrogen and oxygen atoms in total. The lowest BCUT2D eigenvalue weighted by Crippen LogP contribution is -2.48. The van der Waals surface area contributed by atoms with Crippen LogP contribution in [0, 0.1) is 5.82 Å². The van der Waals surface area contributed by atoms with Crippen molar-refractivity contribution in [1.82, 2.24) is 14.5 Å². The lowest BCUT2D eigenvalue weighted by molar-refractivity contribution is 0.113. The zero-order valence-corrected chi connectivity index (χ0v) is 18.0. The average Bonchev–Trinajstić information content (AvgIpc) is 2.70. The maximum Gasteiger partial charge on any atom is 0.240 e. The summed E-state index contributed by atoms with van der Waals surface area (Å²) in [5.41, 5.74) is 2.17. The number of piperazine rings is 1. The summed E-state index contributed by atoms with van der Waals surface area (Å²) in [6.45, 7) is 3.88. The molecule has 0 amide bonds. The van der Waals surface area contributed by atoms with E-state index in [1.54, 1.807) is 0 Å². The molecule has 0 unspecified atom stereocenters. The first-order chi connectivity index (χ1) is 13.8. The normalized spacial score (nSPS) is 17.2. The van der Waals surface area contributed by atoms with Crippen LogP contribution in [0.15, 0.2) is 53.4 Å². The highest BCUT2D eigenvalue weighted by Gasteiger charge is 2.26. The fraction of sp³-hybridized carbons (Fsp3) is 0.429. The van der Waals surface area contributed by atoms with Gasteiger partial charge in [0.1, 0.15) is 5.82 Å². The Labute approximate surface area is 173 Å². The van der Waals surface area contributed by atoms with E-state index in [0.29, 0.717) is 0 Å². The van der Waals surface area contributed by atoms with Crippen molar-refractivity contribution >= 4 is 15.7 Å². The second-order valence-corrected chi connectivity index (χ2v) is 9.41. The molecular weight excluding hydrogens is 391 g/mol. The van der Waals surface area contributed by atoms with Crippen LogP contribution in [0.2, 0.25) is 0 Å². The Morgan fingerprint density at radius 3 is 2.14 bits per heavy atom. The Bertz CT molecular complexity index is 893. The van der Waals surface area contributed by atoms with Gasteiger partial charge in [-0.3, -0.25) is 4.90 Å². The van der Waals surface area contributed by atoms with E-state index < -0.39 is 15.8 Å². The summed E-state index contributed by atoms with van der Waals surface area (Å²) >= 11 is 0. The standard InChI is InChI=1S/C21H29FN4O2S/c1-24(2)19-8-4-17(5-9-19)21(26-14-12-25(3)13-15-26)16-23-29(27,28)20-10-6-18(22)7-11-20/h4-11,21,23H,12-16H2,1-3H3/t21-/m1/s1. The van der Waals surface area contributed by atoms with Gasteiger partial charge in [0.2, 0.25) is 10.0 Å². The third kappa shape index (κ3) is 5.54. The van der Waals surface area contributed by atoms with E-state index in [0.717, 1.165) is 49.6 Å². The maximum atomic E-state index is 13.1. The van der Waals surface area contributed by atoms with Gasteiger partial charge in [-0.05, 0) is 49.0 Å². The van der Waals surface area contributed by atoms with Crippen molar-refractivity contribution in [2.24, 2.45) is 0 Å². The molecule has 1 N–H and O–H groups in total. The van der Waals surface area contributed by atoms with Crippen molar-refractivity contribution in [3.05, 3.63) is 59.9 Å². The third-order valence-electron chi connectivity index (χ3n) is 5.36. The molecular formula is C21H29FN4O2S. The molecule has 1 heterocycles. The van der Waals surface area contributed by atoms with Gasteiger partial charge in [0.15, 0.2) is 0 Å². The van der Waals surface area contributed by atoms with E-state index in [9.17, 15) is 12.8 Å². The van der Waals surface area contributed by atoms with Gasteiger partial charge in [0, 0.05) is 58.5 Å². The van der Waals surface area contributed by atoms with Crippen LogP contribution in [-0.4, -0.2) is 72.1 Å². The van der Waals surface area contributed by atoms with Crippen molar-refractivity contribution in [2.75, 3.05) is 58.8 Å².